The van der Waals surface area contributed by atoms with Gasteiger partial charge in [0.2, 0.25) is 0 Å². The third kappa shape index (κ3) is 7.42. The fraction of sp³-hybridized carbons (Fsp3) is 0.400. The van der Waals surface area contributed by atoms with Crippen LogP contribution < -0.4 is 0 Å². The molecule has 0 aliphatic heterocycles. The van der Waals surface area contributed by atoms with E-state index in [9.17, 15) is 9.59 Å². The molecule has 0 spiro atoms. The van der Waals surface area contributed by atoms with Gasteiger partial charge in [-0.05, 0) is 32.8 Å². The lowest BCUT2D eigenvalue weighted by Gasteiger charge is -2.34. The van der Waals surface area contributed by atoms with Crippen LogP contribution in [0.3, 0.4) is 0 Å². The van der Waals surface area contributed by atoms with Gasteiger partial charge >= 0.3 is 12.2 Å². The van der Waals surface area contributed by atoms with E-state index in [1.165, 1.54) is 16.1 Å². The van der Waals surface area contributed by atoms with Gasteiger partial charge in [0.15, 0.2) is 0 Å². The van der Waals surface area contributed by atoms with Crippen LogP contribution in [0.15, 0.2) is 55.6 Å². The Balaban J connectivity index is 2.90. The minimum Gasteiger partial charge on any atom is -0.443 e. The predicted molar refractivity (Wildman–Crippen MR) is 101 cm³/mol. The number of rotatable bonds is 7. The molecular weight excluding hydrogens is 332 g/mol. The minimum atomic E-state index is -0.686. The van der Waals surface area contributed by atoms with Gasteiger partial charge in [-0.2, -0.15) is 0 Å². The third-order valence-electron chi connectivity index (χ3n) is 3.16. The summed E-state index contributed by atoms with van der Waals surface area (Å²) >= 11 is 0. The number of nitrogens with zero attached hydrogens (tertiary/aromatic N) is 2. The lowest BCUT2D eigenvalue weighted by molar-refractivity contribution is -0.0426. The van der Waals surface area contributed by atoms with E-state index in [1.807, 2.05) is 30.3 Å². The number of benzene rings is 1. The van der Waals surface area contributed by atoms with Gasteiger partial charge in [-0.25, -0.2) is 19.6 Å². The number of ether oxygens (including phenoxy) is 2. The second-order valence-electron chi connectivity index (χ2n) is 6.59. The molecule has 0 atom stereocenters. The number of carbonyl (C=O) groups excluding carboxylic acids is 2. The summed E-state index contributed by atoms with van der Waals surface area (Å²) in [5.41, 5.74) is 0.172. The molecule has 142 valence electrons. The van der Waals surface area contributed by atoms with Crippen molar-refractivity contribution in [1.29, 1.82) is 0 Å². The van der Waals surface area contributed by atoms with Gasteiger partial charge < -0.3 is 9.47 Å². The summed E-state index contributed by atoms with van der Waals surface area (Å²) in [5.74, 6) is 0. The van der Waals surface area contributed by atoms with Crippen molar-refractivity contribution in [1.82, 2.24) is 10.0 Å². The number of amides is 2. The quantitative estimate of drug-likeness (QED) is 0.529. The Morgan fingerprint density at radius 3 is 2.23 bits per heavy atom. The summed E-state index contributed by atoms with van der Waals surface area (Å²) in [4.78, 5) is 25.1. The fourth-order valence-electron chi connectivity index (χ4n) is 2.03. The van der Waals surface area contributed by atoms with Crippen molar-refractivity contribution < 1.29 is 19.1 Å². The molecule has 0 heterocycles. The van der Waals surface area contributed by atoms with Crippen molar-refractivity contribution in [3.63, 3.8) is 0 Å². The first-order chi connectivity index (χ1) is 12.3. The predicted octanol–water partition coefficient (Wildman–Crippen LogP) is 4.54. The second-order valence-corrected chi connectivity index (χ2v) is 6.59. The lowest BCUT2D eigenvalue weighted by atomic mass is 10.2. The maximum absolute atomic E-state index is 12.6. The molecule has 0 unspecified atom stereocenters. The molecule has 0 saturated heterocycles. The van der Waals surface area contributed by atoms with Crippen LogP contribution in [0.25, 0.3) is 0 Å². The normalized spacial score (nSPS) is 10.6. The van der Waals surface area contributed by atoms with Gasteiger partial charge in [-0.15, -0.1) is 13.2 Å². The van der Waals surface area contributed by atoms with Crippen LogP contribution in [-0.4, -0.2) is 40.9 Å². The van der Waals surface area contributed by atoms with Crippen molar-refractivity contribution >= 4 is 12.2 Å². The van der Waals surface area contributed by atoms with Crippen LogP contribution in [0.4, 0.5) is 9.59 Å². The Bertz CT molecular complexity index is 608. The smallest absolute Gasteiger partial charge is 0.429 e. The molecule has 1 aromatic rings. The molecule has 0 radical (unpaired) electrons. The van der Waals surface area contributed by atoms with Gasteiger partial charge in [-0.1, -0.05) is 42.5 Å². The van der Waals surface area contributed by atoms with Gasteiger partial charge in [0.1, 0.15) is 12.2 Å². The van der Waals surface area contributed by atoms with Crippen LogP contribution >= 0.6 is 0 Å². The van der Waals surface area contributed by atoms with E-state index in [2.05, 4.69) is 13.2 Å². The first-order valence-corrected chi connectivity index (χ1v) is 8.49. The van der Waals surface area contributed by atoms with Crippen LogP contribution in [-0.2, 0) is 16.1 Å². The molecule has 0 fully saturated rings. The summed E-state index contributed by atoms with van der Waals surface area (Å²) in [6, 6.07) is 9.33. The molecule has 1 rings (SSSR count). The summed E-state index contributed by atoms with van der Waals surface area (Å²) in [6.07, 6.45) is 2.41. The summed E-state index contributed by atoms with van der Waals surface area (Å²) in [6.45, 7) is 13.1. The first kappa shape index (κ1) is 21.3. The van der Waals surface area contributed by atoms with Gasteiger partial charge in [0.05, 0.1) is 6.54 Å². The number of carbonyl (C=O) groups is 2. The average Bonchev–Trinajstić information content (AvgIpc) is 2.58. The monoisotopic (exact) mass is 360 g/mol. The summed E-state index contributed by atoms with van der Waals surface area (Å²) < 4.78 is 10.8. The topological polar surface area (TPSA) is 59.1 Å². The molecular formula is C20H28N2O4. The Morgan fingerprint density at radius 1 is 1.04 bits per heavy atom. The third-order valence-corrected chi connectivity index (χ3v) is 3.16. The van der Waals surface area contributed by atoms with E-state index in [-0.39, 0.29) is 19.7 Å². The molecule has 0 aliphatic carbocycles. The van der Waals surface area contributed by atoms with E-state index in [0.717, 1.165) is 5.56 Å². The van der Waals surface area contributed by atoms with Crippen molar-refractivity contribution in [2.75, 3.05) is 13.1 Å². The summed E-state index contributed by atoms with van der Waals surface area (Å²) in [7, 11) is 0. The molecule has 0 aromatic heterocycles. The minimum absolute atomic E-state index is 0.112. The van der Waals surface area contributed by atoms with Crippen molar-refractivity contribution in [2.45, 2.75) is 39.4 Å². The highest BCUT2D eigenvalue weighted by Crippen LogP contribution is 2.14. The molecule has 0 saturated carbocycles. The van der Waals surface area contributed by atoms with Crippen molar-refractivity contribution in [3.05, 3.63) is 61.2 Å². The molecule has 6 nitrogen and oxygen atoms in total. The fourth-order valence-corrected chi connectivity index (χ4v) is 2.03. The van der Waals surface area contributed by atoms with Gasteiger partial charge in [-0.3, -0.25) is 0 Å². The van der Waals surface area contributed by atoms with Gasteiger partial charge in [0.25, 0.3) is 0 Å². The van der Waals surface area contributed by atoms with E-state index < -0.39 is 17.8 Å². The Kier molecular flexibility index (Phi) is 8.42. The van der Waals surface area contributed by atoms with E-state index in [1.54, 1.807) is 26.8 Å². The van der Waals surface area contributed by atoms with E-state index in [0.29, 0.717) is 6.42 Å². The van der Waals surface area contributed by atoms with Crippen LogP contribution in [0.2, 0.25) is 0 Å². The zero-order valence-electron chi connectivity index (χ0n) is 15.8. The number of hydrogen-bond acceptors (Lipinski definition) is 4. The number of hydrogen-bond donors (Lipinski definition) is 0. The zero-order valence-corrected chi connectivity index (χ0v) is 15.8. The zero-order chi connectivity index (χ0) is 19.6. The SMILES string of the molecule is C=CCCN(C(=O)OCc1ccccc1)N(CC=C)C(=O)OC(C)(C)C. The highest BCUT2D eigenvalue weighted by molar-refractivity contribution is 5.74. The van der Waals surface area contributed by atoms with Crippen LogP contribution in [0.5, 0.6) is 0 Å². The second kappa shape index (κ2) is 10.3. The Morgan fingerprint density at radius 2 is 1.69 bits per heavy atom. The maximum Gasteiger partial charge on any atom is 0.429 e. The molecule has 0 N–H and O–H groups in total. The molecule has 1 aromatic carbocycles. The van der Waals surface area contributed by atoms with Crippen molar-refractivity contribution in [2.24, 2.45) is 0 Å². The van der Waals surface area contributed by atoms with E-state index >= 15 is 0 Å². The Hall–Kier alpha value is -2.76. The molecule has 0 bridgehead atoms. The Labute approximate surface area is 155 Å². The first-order valence-electron chi connectivity index (χ1n) is 8.49. The maximum atomic E-state index is 12.6. The molecule has 2 amide bonds. The van der Waals surface area contributed by atoms with Gasteiger partial charge in [0, 0.05) is 6.54 Å². The van der Waals surface area contributed by atoms with Crippen LogP contribution in [0.1, 0.15) is 32.8 Å². The summed E-state index contributed by atoms with van der Waals surface area (Å²) in [5, 5.41) is 2.41. The highest BCUT2D eigenvalue weighted by Gasteiger charge is 2.30. The molecule has 0 aliphatic rings. The lowest BCUT2D eigenvalue weighted by Crippen LogP contribution is -2.51. The van der Waals surface area contributed by atoms with Crippen LogP contribution in [0, 0.1) is 0 Å². The van der Waals surface area contributed by atoms with E-state index in [4.69, 9.17) is 9.47 Å². The van der Waals surface area contributed by atoms with Crippen molar-refractivity contribution in [3.8, 4) is 0 Å². The molecule has 6 heteroatoms. The average molecular weight is 360 g/mol. The highest BCUT2D eigenvalue weighted by atomic mass is 16.6. The number of hydrazine groups is 1. The standard InChI is InChI=1S/C20H28N2O4/c1-6-8-15-22(18(23)25-16-17-12-10-9-11-13-17)21(14-7-2)19(24)26-20(3,4)5/h6-7,9-13H,1-2,8,14-16H2,3-5H3. The molecule has 26 heavy (non-hydrogen) atoms. The largest absolute Gasteiger partial charge is 0.443 e.